The van der Waals surface area contributed by atoms with Crippen molar-refractivity contribution in [3.63, 3.8) is 0 Å². The lowest BCUT2D eigenvalue weighted by atomic mass is 10.2. The van der Waals surface area contributed by atoms with E-state index in [1.54, 1.807) is 37.4 Å². The zero-order valence-electron chi connectivity index (χ0n) is 22.3. The molecule has 0 radical (unpaired) electrons. The molecule has 0 aliphatic carbocycles. The molecule has 0 unspecified atom stereocenters. The average molecular weight is 526 g/mol. The third kappa shape index (κ3) is 4.65. The maximum absolute atomic E-state index is 13.0. The summed E-state index contributed by atoms with van der Waals surface area (Å²) in [7, 11) is 1.52. The van der Waals surface area contributed by atoms with Crippen molar-refractivity contribution < 1.29 is 28.2 Å². The van der Waals surface area contributed by atoms with Gasteiger partial charge in [-0.1, -0.05) is 55.6 Å². The molecule has 0 spiro atoms. The Morgan fingerprint density at radius 3 is 2.14 bits per heavy atom. The van der Waals surface area contributed by atoms with Crippen molar-refractivity contribution >= 4 is 38.1 Å². The molecule has 2 aromatic carbocycles. The van der Waals surface area contributed by atoms with Crippen LogP contribution in [0.5, 0.6) is 28.9 Å². The fourth-order valence-corrected chi connectivity index (χ4v) is 15.5. The minimum Gasteiger partial charge on any atom is -0.494 e. The minimum absolute atomic E-state index is 0.107. The SMILES string of the molecule is COc1cccc(OC)c1NC(=O)c1ccc(Oc2c(C)cc3c(c2OC)[Si](C)(C)CC[Si]3(C)C)o1. The number of carbonyl (C=O) groups is 1. The summed E-state index contributed by atoms with van der Waals surface area (Å²) in [6.07, 6.45) is 0. The van der Waals surface area contributed by atoms with Crippen molar-refractivity contribution in [1.82, 2.24) is 0 Å². The van der Waals surface area contributed by atoms with E-state index < -0.39 is 22.1 Å². The number of hydrogen-bond acceptors (Lipinski definition) is 6. The number of rotatable bonds is 7. The highest BCUT2D eigenvalue weighted by molar-refractivity contribution is 7.03. The van der Waals surface area contributed by atoms with E-state index in [9.17, 15) is 4.79 Å². The number of amides is 1. The Kier molecular flexibility index (Phi) is 6.98. The minimum atomic E-state index is -1.70. The van der Waals surface area contributed by atoms with Gasteiger partial charge in [0.05, 0.1) is 37.5 Å². The van der Waals surface area contributed by atoms with E-state index in [1.807, 2.05) is 6.92 Å². The van der Waals surface area contributed by atoms with Crippen LogP contribution in [0.4, 0.5) is 5.69 Å². The van der Waals surface area contributed by atoms with E-state index in [-0.39, 0.29) is 11.7 Å². The molecule has 1 aliphatic rings. The Bertz CT molecular complexity index is 1280. The first-order valence-electron chi connectivity index (χ1n) is 12.0. The van der Waals surface area contributed by atoms with E-state index >= 15 is 0 Å². The molecule has 9 heteroatoms. The van der Waals surface area contributed by atoms with E-state index in [0.29, 0.717) is 22.9 Å². The maximum Gasteiger partial charge on any atom is 0.291 e. The summed E-state index contributed by atoms with van der Waals surface area (Å²) < 4.78 is 28.8. The van der Waals surface area contributed by atoms with Crippen molar-refractivity contribution in [2.45, 2.75) is 45.2 Å². The number of ether oxygens (including phenoxy) is 4. The smallest absolute Gasteiger partial charge is 0.291 e. The number of carbonyl (C=O) groups excluding carboxylic acids is 1. The molecule has 0 bridgehead atoms. The second-order valence-electron chi connectivity index (χ2n) is 10.5. The molecule has 36 heavy (non-hydrogen) atoms. The third-order valence-corrected chi connectivity index (χ3v) is 14.5. The summed E-state index contributed by atoms with van der Waals surface area (Å²) in [5.74, 6) is 2.32. The van der Waals surface area contributed by atoms with Crippen LogP contribution in [0, 0.1) is 6.92 Å². The molecule has 7 nitrogen and oxygen atoms in total. The van der Waals surface area contributed by atoms with Crippen molar-refractivity contribution in [1.29, 1.82) is 0 Å². The first-order chi connectivity index (χ1) is 17.0. The standard InChI is InChI=1S/C27H35NO6Si2/c1-17-16-21-26(36(7,8)15-14-35(21,5)6)25(32-4)24(17)34-22-13-12-20(33-22)27(29)28-23-18(30-2)10-9-11-19(23)31-3/h9-13,16H,14-15H2,1-8H3,(H,28,29). The van der Waals surface area contributed by atoms with Crippen molar-refractivity contribution in [2.24, 2.45) is 0 Å². The Morgan fingerprint density at radius 1 is 0.889 bits per heavy atom. The Morgan fingerprint density at radius 2 is 1.53 bits per heavy atom. The second kappa shape index (κ2) is 9.70. The number of nitrogens with one attached hydrogen (secondary N) is 1. The van der Waals surface area contributed by atoms with Crippen LogP contribution in [-0.2, 0) is 0 Å². The number of methoxy groups -OCH3 is 3. The maximum atomic E-state index is 13.0. The lowest BCUT2D eigenvalue weighted by molar-refractivity contribution is 0.0991. The highest BCUT2D eigenvalue weighted by atomic mass is 28.3. The zero-order valence-corrected chi connectivity index (χ0v) is 24.3. The zero-order chi connectivity index (χ0) is 26.3. The van der Waals surface area contributed by atoms with Crippen LogP contribution in [0.15, 0.2) is 40.8 Å². The molecule has 0 saturated carbocycles. The first-order valence-corrected chi connectivity index (χ1v) is 18.5. The van der Waals surface area contributed by atoms with Gasteiger partial charge in [0.2, 0.25) is 0 Å². The average Bonchev–Trinajstić information content (AvgIpc) is 3.31. The number of aryl methyl sites for hydroxylation is 1. The Balaban J connectivity index is 1.66. The predicted octanol–water partition coefficient (Wildman–Crippen LogP) is 5.50. The molecule has 4 rings (SSSR count). The second-order valence-corrected chi connectivity index (χ2v) is 20.0. The van der Waals surface area contributed by atoms with Crippen LogP contribution in [0.1, 0.15) is 16.1 Å². The normalized spacial score (nSPS) is 15.6. The Hall–Kier alpha value is -3.18. The van der Waals surface area contributed by atoms with Crippen LogP contribution in [-0.4, -0.2) is 43.4 Å². The van der Waals surface area contributed by atoms with Gasteiger partial charge >= 0.3 is 0 Å². The van der Waals surface area contributed by atoms with Gasteiger partial charge in [0.15, 0.2) is 17.3 Å². The van der Waals surface area contributed by atoms with Crippen LogP contribution < -0.4 is 34.6 Å². The molecular weight excluding hydrogens is 490 g/mol. The van der Waals surface area contributed by atoms with Crippen LogP contribution in [0.2, 0.25) is 38.3 Å². The van der Waals surface area contributed by atoms with Gasteiger partial charge in [0, 0.05) is 6.07 Å². The summed E-state index contributed by atoms with van der Waals surface area (Å²) >= 11 is 0. The molecule has 1 amide bonds. The fraction of sp³-hybridized carbons (Fsp3) is 0.370. The summed E-state index contributed by atoms with van der Waals surface area (Å²) in [6.45, 7) is 11.7. The van der Waals surface area contributed by atoms with E-state index in [1.165, 1.54) is 36.7 Å². The van der Waals surface area contributed by atoms with Crippen molar-refractivity contribution in [3.8, 4) is 28.9 Å². The van der Waals surface area contributed by atoms with Crippen LogP contribution >= 0.6 is 0 Å². The van der Waals surface area contributed by atoms with Gasteiger partial charge in [-0.25, -0.2) is 0 Å². The quantitative estimate of drug-likeness (QED) is 0.410. The molecule has 0 saturated heterocycles. The lowest BCUT2D eigenvalue weighted by Gasteiger charge is -2.41. The molecular formula is C27H35NO6Si2. The van der Waals surface area contributed by atoms with Gasteiger partial charge < -0.3 is 28.7 Å². The molecule has 1 aliphatic heterocycles. The highest BCUT2D eigenvalue weighted by Crippen LogP contribution is 2.39. The summed E-state index contributed by atoms with van der Waals surface area (Å²) in [6, 6.07) is 13.3. The van der Waals surface area contributed by atoms with Gasteiger partial charge in [-0.2, -0.15) is 0 Å². The fourth-order valence-electron chi connectivity index (χ4n) is 4.93. The number of anilines is 1. The number of hydrogen-bond donors (Lipinski definition) is 1. The van der Waals surface area contributed by atoms with Gasteiger partial charge in [0.25, 0.3) is 11.9 Å². The van der Waals surface area contributed by atoms with E-state index in [4.69, 9.17) is 23.4 Å². The topological polar surface area (TPSA) is 79.2 Å². The number of para-hydroxylation sites is 1. The van der Waals surface area contributed by atoms with Crippen molar-refractivity contribution in [2.75, 3.05) is 26.6 Å². The lowest BCUT2D eigenvalue weighted by Crippen LogP contribution is -2.63. The number of benzene rings is 2. The predicted molar refractivity (Wildman–Crippen MR) is 148 cm³/mol. The molecule has 1 N–H and O–H groups in total. The molecule has 3 aromatic rings. The van der Waals surface area contributed by atoms with E-state index in [0.717, 1.165) is 11.3 Å². The summed E-state index contributed by atoms with van der Waals surface area (Å²) in [5.41, 5.74) is 1.43. The summed E-state index contributed by atoms with van der Waals surface area (Å²) in [4.78, 5) is 13.0. The highest BCUT2D eigenvalue weighted by Gasteiger charge is 2.43. The molecule has 0 atom stereocenters. The monoisotopic (exact) mass is 525 g/mol. The number of furan rings is 1. The van der Waals surface area contributed by atoms with Gasteiger partial charge in [-0.3, -0.25) is 4.79 Å². The summed E-state index contributed by atoms with van der Waals surface area (Å²) in [5, 5.41) is 5.66. The van der Waals surface area contributed by atoms with Gasteiger partial charge in [-0.15, -0.1) is 0 Å². The van der Waals surface area contributed by atoms with E-state index in [2.05, 4.69) is 37.6 Å². The third-order valence-electron chi connectivity index (χ3n) is 7.08. The first kappa shape index (κ1) is 25.9. The molecule has 1 aromatic heterocycles. The van der Waals surface area contributed by atoms with Crippen LogP contribution in [0.25, 0.3) is 0 Å². The number of fused-ring (bicyclic) bond motifs is 1. The molecule has 2 heterocycles. The van der Waals surface area contributed by atoms with Gasteiger partial charge in [0.1, 0.15) is 17.2 Å². The largest absolute Gasteiger partial charge is 0.494 e. The molecule has 0 fully saturated rings. The van der Waals surface area contributed by atoms with Crippen LogP contribution in [0.3, 0.4) is 0 Å². The van der Waals surface area contributed by atoms with Crippen molar-refractivity contribution in [3.05, 3.63) is 47.7 Å². The Labute approximate surface area is 214 Å². The van der Waals surface area contributed by atoms with Gasteiger partial charge in [-0.05, 0) is 35.9 Å². The molecule has 192 valence electrons.